The van der Waals surface area contributed by atoms with E-state index in [2.05, 4.69) is 67.6 Å². The van der Waals surface area contributed by atoms with Crippen LogP contribution in [0, 0.1) is 0 Å². The fraction of sp³-hybridized carbons (Fsp3) is 0.571. The first-order chi connectivity index (χ1) is 7.02. The monoisotopic (exact) mass is 383 g/mol. The van der Waals surface area contributed by atoms with Gasteiger partial charge < -0.3 is 20.6 Å². The Morgan fingerprint density at radius 1 is 0.941 bits per heavy atom. The first kappa shape index (κ1) is 26.4. The minimum absolute atomic E-state index is 0. The maximum atomic E-state index is 7.56. The Kier molecular flexibility index (Phi) is 26.1. The average molecular weight is 385 g/mol. The van der Waals surface area contributed by atoms with Crippen molar-refractivity contribution in [3.8, 4) is 0 Å². The molecule has 0 atom stereocenters. The molecule has 0 aromatic carbocycles. The van der Waals surface area contributed by atoms with Crippen molar-refractivity contribution >= 4 is 75.7 Å². The van der Waals surface area contributed by atoms with E-state index in [9.17, 15) is 0 Å². The van der Waals surface area contributed by atoms with Crippen LogP contribution in [-0.2, 0) is 19.5 Å². The summed E-state index contributed by atoms with van der Waals surface area (Å²) in [6, 6.07) is 0. The molecule has 0 radical (unpaired) electrons. The molecule has 0 aliphatic heterocycles. The summed E-state index contributed by atoms with van der Waals surface area (Å²) in [5.74, 6) is 0. The zero-order valence-electron chi connectivity index (χ0n) is 10.2. The fourth-order valence-corrected chi connectivity index (χ4v) is 0. The quantitative estimate of drug-likeness (QED) is 0.285. The summed E-state index contributed by atoms with van der Waals surface area (Å²) in [5, 5.41) is 7.06. The minimum Gasteiger partial charge on any atom is -0.487 e. The van der Waals surface area contributed by atoms with Crippen molar-refractivity contribution in [1.82, 2.24) is 9.80 Å². The summed E-state index contributed by atoms with van der Waals surface area (Å²) in [4.78, 5) is 3.52. The number of hydrogen-bond acceptors (Lipinski definition) is 3. The van der Waals surface area contributed by atoms with E-state index in [4.69, 9.17) is 5.11 Å². The van der Waals surface area contributed by atoms with Crippen molar-refractivity contribution in [3.05, 3.63) is 0 Å². The van der Waals surface area contributed by atoms with Crippen LogP contribution in [0.25, 0.3) is 0 Å². The molecule has 0 unspecified atom stereocenters. The maximum absolute atomic E-state index is 7.56. The van der Waals surface area contributed by atoms with Gasteiger partial charge in [0.2, 0.25) is 0 Å². The molecule has 0 heterocycles. The average Bonchev–Trinajstić information content (AvgIpc) is 2.03. The van der Waals surface area contributed by atoms with Gasteiger partial charge >= 0.3 is 0 Å². The number of hydrogen-bond donors (Lipinski definition) is 4. The Hall–Kier alpha value is 0.793. The third-order valence-corrected chi connectivity index (χ3v) is 2.30. The van der Waals surface area contributed by atoms with E-state index >= 15 is 0 Å². The molecular weight excluding hydrogens is 368 g/mol. The molecule has 0 aromatic heterocycles. The number of thiocarbonyl (C=S) groups is 3. The van der Waals surface area contributed by atoms with Crippen molar-refractivity contribution in [2.24, 2.45) is 5.73 Å². The number of nitrogens with zero attached hydrogens (tertiary/aromatic N) is 2. The number of rotatable bonds is 0. The normalized spacial score (nSPS) is 6.94. The predicted octanol–water partition coefficient (Wildman–Crippen LogP) is 1.31. The van der Waals surface area contributed by atoms with Gasteiger partial charge in [-0.1, -0.05) is 24.4 Å². The van der Waals surface area contributed by atoms with Gasteiger partial charge in [0.05, 0.1) is 0 Å². The van der Waals surface area contributed by atoms with Gasteiger partial charge in [-0.05, 0) is 12.2 Å². The Bertz CT molecular complexity index is 216. The number of aliphatic hydroxyl groups excluding tert-OH is 1. The van der Waals surface area contributed by atoms with Gasteiger partial charge in [-0.25, -0.2) is 0 Å². The van der Waals surface area contributed by atoms with E-state index in [-0.39, 0.29) is 19.5 Å². The summed E-state index contributed by atoms with van der Waals surface area (Å²) in [5.41, 5.74) is 4.40. The number of aliphatic hydroxyl groups is 1. The molecule has 3 N–H and O–H groups in total. The van der Waals surface area contributed by atoms with Crippen LogP contribution < -0.4 is 5.73 Å². The summed E-state index contributed by atoms with van der Waals surface area (Å²) in [7, 11) is 7.43. The van der Waals surface area contributed by atoms with Crippen molar-refractivity contribution in [2.45, 2.75) is 0 Å². The molecule has 17 heavy (non-hydrogen) atoms. The van der Waals surface area contributed by atoms with E-state index in [1.807, 2.05) is 28.2 Å². The number of nitrogens with two attached hydrogens (primary N) is 1. The molecule has 98 valence electrons. The minimum atomic E-state index is -0.500. The summed E-state index contributed by atoms with van der Waals surface area (Å²) in [6.07, 6.45) is 0. The SMILES string of the molecule is CN(C)C(=S)S.CN(C)C(=S)S.NC(O)=S.[Zn]. The van der Waals surface area contributed by atoms with Crippen LogP contribution in [0.5, 0.6) is 0 Å². The molecule has 0 fully saturated rings. The number of thiol groups is 2. The van der Waals surface area contributed by atoms with E-state index in [1.54, 1.807) is 9.80 Å². The van der Waals surface area contributed by atoms with Gasteiger partial charge in [0, 0.05) is 47.7 Å². The van der Waals surface area contributed by atoms with E-state index in [1.165, 1.54) is 0 Å². The van der Waals surface area contributed by atoms with Crippen LogP contribution >= 0.6 is 61.9 Å². The second-order valence-electron chi connectivity index (χ2n) is 2.69. The largest absolute Gasteiger partial charge is 0.487 e. The molecule has 0 spiro atoms. The fourth-order valence-electron chi connectivity index (χ4n) is 0. The van der Waals surface area contributed by atoms with Gasteiger partial charge in [-0.2, -0.15) is 0 Å². The first-order valence-electron chi connectivity index (χ1n) is 3.81. The smallest absolute Gasteiger partial charge is 0.251 e. The summed E-state index contributed by atoms with van der Waals surface area (Å²) < 4.78 is 1.24. The molecule has 0 aliphatic rings. The van der Waals surface area contributed by atoms with Crippen LogP contribution in [0.15, 0.2) is 0 Å². The standard InChI is InChI=1S/2C3H7NS2.CH3NOS.Zn/c2*1-4(2)3(5)6;2-1(3)4;/h2*1-2H3,(H,5,6);(H3,2,3,4);. The van der Waals surface area contributed by atoms with E-state index in [0.29, 0.717) is 8.64 Å². The molecule has 0 saturated heterocycles. The van der Waals surface area contributed by atoms with Gasteiger partial charge in [0.1, 0.15) is 8.64 Å². The van der Waals surface area contributed by atoms with Crippen molar-refractivity contribution in [1.29, 1.82) is 0 Å². The Balaban J connectivity index is -0.0000000741. The van der Waals surface area contributed by atoms with Crippen molar-refractivity contribution in [3.63, 3.8) is 0 Å². The van der Waals surface area contributed by atoms with Crippen LogP contribution in [0.2, 0.25) is 0 Å². The van der Waals surface area contributed by atoms with Crippen molar-refractivity contribution < 1.29 is 24.6 Å². The van der Waals surface area contributed by atoms with Gasteiger partial charge in [0.25, 0.3) is 5.17 Å². The van der Waals surface area contributed by atoms with Crippen LogP contribution in [0.4, 0.5) is 0 Å². The zero-order valence-corrected chi connectivity index (χ0v) is 17.5. The van der Waals surface area contributed by atoms with Gasteiger partial charge in [0.15, 0.2) is 0 Å². The Labute approximate surface area is 143 Å². The molecule has 0 aromatic rings. The molecule has 4 nitrogen and oxygen atoms in total. The summed E-state index contributed by atoms with van der Waals surface area (Å²) >= 11 is 20.8. The van der Waals surface area contributed by atoms with E-state index < -0.39 is 5.17 Å². The third-order valence-electron chi connectivity index (χ3n) is 0.765. The van der Waals surface area contributed by atoms with Crippen molar-refractivity contribution in [2.75, 3.05) is 28.2 Å². The molecule has 10 heteroatoms. The van der Waals surface area contributed by atoms with Crippen LogP contribution in [0.3, 0.4) is 0 Å². The first-order valence-corrected chi connectivity index (χ1v) is 5.93. The molecule has 0 rings (SSSR count). The topological polar surface area (TPSA) is 52.7 Å². The third kappa shape index (κ3) is 47.5. The second-order valence-corrected chi connectivity index (χ2v) is 5.34. The molecule has 0 aliphatic carbocycles. The molecule has 0 bridgehead atoms. The van der Waals surface area contributed by atoms with Crippen LogP contribution in [0.1, 0.15) is 0 Å². The maximum Gasteiger partial charge on any atom is 0.251 e. The zero-order chi connectivity index (χ0) is 13.9. The molecule has 0 amide bonds. The summed E-state index contributed by atoms with van der Waals surface area (Å²) in [6.45, 7) is 0. The Morgan fingerprint density at radius 2 is 1.00 bits per heavy atom. The van der Waals surface area contributed by atoms with Gasteiger partial charge in [-0.3, -0.25) is 0 Å². The van der Waals surface area contributed by atoms with Gasteiger partial charge in [-0.15, -0.1) is 25.3 Å². The van der Waals surface area contributed by atoms with Crippen LogP contribution in [-0.4, -0.2) is 56.9 Å². The molecular formula is C7H17N3OS5Zn. The van der Waals surface area contributed by atoms with E-state index in [0.717, 1.165) is 0 Å². The predicted molar refractivity (Wildman–Crippen MR) is 90.0 cm³/mol. The Morgan fingerprint density at radius 3 is 1.00 bits per heavy atom. The molecule has 0 saturated carbocycles. The second kappa shape index (κ2) is 16.8.